The van der Waals surface area contributed by atoms with E-state index in [0.29, 0.717) is 11.3 Å². The van der Waals surface area contributed by atoms with Gasteiger partial charge >= 0.3 is 0 Å². The maximum atomic E-state index is 8.06. The van der Waals surface area contributed by atoms with E-state index < -0.39 is 0 Å². The van der Waals surface area contributed by atoms with E-state index in [4.69, 9.17) is 2.74 Å². The Morgan fingerprint density at radius 1 is 0.952 bits per heavy atom. The molecule has 0 unspecified atom stereocenters. The minimum Gasteiger partial charge on any atom is -0.279 e. The van der Waals surface area contributed by atoms with Gasteiger partial charge in [-0.1, -0.05) is 35.3 Å². The summed E-state index contributed by atoms with van der Waals surface area (Å²) in [5.74, 6) is 5.88. The van der Waals surface area contributed by atoms with Crippen molar-refractivity contribution in [1.29, 1.82) is 0 Å². The van der Waals surface area contributed by atoms with Crippen LogP contribution in [0, 0.1) is 11.8 Å². The van der Waals surface area contributed by atoms with Gasteiger partial charge in [-0.15, -0.1) is 5.11 Å². The minimum atomic E-state index is 0.189. The highest BCUT2D eigenvalue weighted by atomic mass is 15.5. The van der Waals surface area contributed by atoms with Gasteiger partial charge < -0.3 is 0 Å². The minimum absolute atomic E-state index is 0.189. The summed E-state index contributed by atoms with van der Waals surface area (Å²) in [4.78, 5) is 0. The molecule has 0 amide bonds. The molecule has 3 nitrogen and oxygen atoms in total. The Labute approximate surface area is 129 Å². The lowest BCUT2D eigenvalue weighted by molar-refractivity contribution is 0.301. The van der Waals surface area contributed by atoms with Gasteiger partial charge in [0.1, 0.15) is 0 Å². The Hall–Kier alpha value is -2.60. The van der Waals surface area contributed by atoms with Crippen molar-refractivity contribution in [1.82, 2.24) is 5.01 Å². The average molecular weight is 279 g/mol. The molecule has 0 radical (unpaired) electrons. The predicted octanol–water partition coefficient (Wildman–Crippen LogP) is 4.43. The summed E-state index contributed by atoms with van der Waals surface area (Å²) in [7, 11) is 0. The van der Waals surface area contributed by atoms with E-state index in [1.807, 2.05) is 44.2 Å². The first-order chi connectivity index (χ1) is 11.1. The zero-order valence-corrected chi connectivity index (χ0v) is 12.3. The Morgan fingerprint density at radius 2 is 1.57 bits per heavy atom. The van der Waals surface area contributed by atoms with Crippen LogP contribution in [0.2, 0.25) is 0 Å². The molecular formula is C18H19N3. The number of nitrogens with zero attached hydrogens (tertiary/aromatic N) is 3. The normalized spacial score (nSPS) is 11.5. The topological polar surface area (TPSA) is 28.0 Å². The second-order valence-electron chi connectivity index (χ2n) is 4.32. The van der Waals surface area contributed by atoms with E-state index in [-0.39, 0.29) is 12.1 Å². The molecule has 0 spiro atoms. The lowest BCUT2D eigenvalue weighted by atomic mass is 10.2. The zero-order chi connectivity index (χ0) is 16.7. The molecule has 2 aromatic rings. The fourth-order valence-corrected chi connectivity index (χ4v) is 1.63. The van der Waals surface area contributed by atoms with Crippen molar-refractivity contribution < 1.29 is 2.74 Å². The van der Waals surface area contributed by atoms with Crippen LogP contribution in [0.4, 0.5) is 5.69 Å². The monoisotopic (exact) mass is 279 g/mol. The van der Waals surface area contributed by atoms with E-state index in [2.05, 4.69) is 22.2 Å². The molecule has 21 heavy (non-hydrogen) atoms. The van der Waals surface area contributed by atoms with Crippen LogP contribution in [0.3, 0.4) is 0 Å². The van der Waals surface area contributed by atoms with Gasteiger partial charge in [0.15, 0.2) is 0 Å². The molecule has 3 heteroatoms. The van der Waals surface area contributed by atoms with E-state index >= 15 is 0 Å². The molecule has 0 heterocycles. The van der Waals surface area contributed by atoms with E-state index in [1.54, 1.807) is 17.1 Å². The van der Waals surface area contributed by atoms with E-state index in [0.717, 1.165) is 18.7 Å². The molecule has 0 aromatic heterocycles. The highest BCUT2D eigenvalue weighted by Gasteiger charge is 1.94. The Bertz CT molecular complexity index is 719. The SMILES string of the molecule is [2H]c1cc(N=NN(CC)CC)cc([2H])c1C#Cc1ccccc1. The van der Waals surface area contributed by atoms with Crippen molar-refractivity contribution in [3.05, 3.63) is 65.7 Å². The fourth-order valence-electron chi connectivity index (χ4n) is 1.63. The Kier molecular flexibility index (Phi) is 4.55. The average Bonchev–Trinajstić information content (AvgIpc) is 2.56. The van der Waals surface area contributed by atoms with E-state index in [1.165, 1.54) is 0 Å². The van der Waals surface area contributed by atoms with Crippen molar-refractivity contribution in [3.8, 4) is 11.8 Å². The van der Waals surface area contributed by atoms with Crippen molar-refractivity contribution in [2.45, 2.75) is 13.8 Å². The molecule has 106 valence electrons. The predicted molar refractivity (Wildman–Crippen MR) is 86.3 cm³/mol. The smallest absolute Gasteiger partial charge is 0.0875 e. The van der Waals surface area contributed by atoms with Crippen LogP contribution in [-0.2, 0) is 0 Å². The number of hydrogen-bond donors (Lipinski definition) is 0. The third-order valence-corrected chi connectivity index (χ3v) is 2.85. The summed E-state index contributed by atoms with van der Waals surface area (Å²) < 4.78 is 16.1. The molecule has 2 rings (SSSR count). The van der Waals surface area contributed by atoms with Crippen LogP contribution in [-0.4, -0.2) is 18.1 Å². The second-order valence-corrected chi connectivity index (χ2v) is 4.32. The largest absolute Gasteiger partial charge is 0.279 e. The maximum absolute atomic E-state index is 8.06. The molecule has 0 N–H and O–H groups in total. The van der Waals surface area contributed by atoms with Crippen molar-refractivity contribution in [2.75, 3.05) is 13.1 Å². The first-order valence-electron chi connectivity index (χ1n) is 7.99. The van der Waals surface area contributed by atoms with Gasteiger partial charge in [-0.05, 0) is 50.2 Å². The summed E-state index contributed by atoms with van der Waals surface area (Å²) in [6, 6.07) is 13.1. The highest BCUT2D eigenvalue weighted by Crippen LogP contribution is 2.13. The molecule has 0 atom stereocenters. The first-order valence-corrected chi connectivity index (χ1v) is 6.99. The van der Waals surface area contributed by atoms with Gasteiger partial charge in [0, 0.05) is 24.2 Å². The highest BCUT2D eigenvalue weighted by molar-refractivity contribution is 5.47. The van der Waals surface area contributed by atoms with Gasteiger partial charge in [-0.3, -0.25) is 5.01 Å². The summed E-state index contributed by atoms with van der Waals surface area (Å²) >= 11 is 0. The Morgan fingerprint density at radius 3 is 2.19 bits per heavy atom. The number of benzene rings is 2. The van der Waals surface area contributed by atoms with Gasteiger partial charge in [0.05, 0.1) is 8.43 Å². The third-order valence-electron chi connectivity index (χ3n) is 2.85. The maximum Gasteiger partial charge on any atom is 0.0875 e. The van der Waals surface area contributed by atoms with Crippen LogP contribution in [0.25, 0.3) is 0 Å². The fraction of sp³-hybridized carbons (Fsp3) is 0.222. The van der Waals surface area contributed by atoms with Gasteiger partial charge in [-0.2, -0.15) is 0 Å². The molecule has 0 aliphatic carbocycles. The van der Waals surface area contributed by atoms with Crippen LogP contribution in [0.15, 0.2) is 64.9 Å². The molecule has 0 fully saturated rings. The molecule has 0 saturated heterocycles. The third kappa shape index (κ3) is 4.77. The summed E-state index contributed by atoms with van der Waals surface area (Å²) in [5, 5.41) is 9.99. The standard InChI is InChI=1S/C18H19N3/c1-3-21(4-2)20-19-18-14-12-17(13-15-18)11-10-16-8-6-5-7-9-16/h5-9,12-15H,3-4H2,1-2H3/i12D,13D. The zero-order valence-electron chi connectivity index (χ0n) is 14.3. The number of rotatable bonds is 4. The lowest BCUT2D eigenvalue weighted by Gasteiger charge is -2.10. The summed E-state index contributed by atoms with van der Waals surface area (Å²) in [6.07, 6.45) is 0. The molecule has 0 aliphatic rings. The van der Waals surface area contributed by atoms with Crippen LogP contribution < -0.4 is 0 Å². The van der Waals surface area contributed by atoms with Crippen LogP contribution in [0.5, 0.6) is 0 Å². The molecular weight excluding hydrogens is 258 g/mol. The van der Waals surface area contributed by atoms with Crippen LogP contribution in [0.1, 0.15) is 27.7 Å². The van der Waals surface area contributed by atoms with Crippen molar-refractivity contribution in [2.24, 2.45) is 10.3 Å². The number of hydrogen-bond acceptors (Lipinski definition) is 2. The first kappa shape index (κ1) is 12.2. The van der Waals surface area contributed by atoms with Crippen molar-refractivity contribution in [3.63, 3.8) is 0 Å². The molecule has 0 bridgehead atoms. The Balaban J connectivity index is 2.26. The lowest BCUT2D eigenvalue weighted by Crippen LogP contribution is -2.14. The van der Waals surface area contributed by atoms with Gasteiger partial charge in [0.2, 0.25) is 0 Å². The van der Waals surface area contributed by atoms with Crippen molar-refractivity contribution >= 4 is 5.69 Å². The second kappa shape index (κ2) is 7.86. The quantitative estimate of drug-likeness (QED) is 0.462. The van der Waals surface area contributed by atoms with E-state index in [9.17, 15) is 0 Å². The van der Waals surface area contributed by atoms with Gasteiger partial charge in [0.25, 0.3) is 0 Å². The molecule has 0 aliphatic heterocycles. The summed E-state index contributed by atoms with van der Waals surface area (Å²) in [6.45, 7) is 5.53. The molecule has 2 aromatic carbocycles. The van der Waals surface area contributed by atoms with Gasteiger partial charge in [-0.25, -0.2) is 0 Å². The molecule has 0 saturated carbocycles. The summed E-state index contributed by atoms with van der Waals surface area (Å²) in [5.41, 5.74) is 1.75. The van der Waals surface area contributed by atoms with Crippen LogP contribution >= 0.6 is 0 Å².